The molecule has 0 amide bonds. The third kappa shape index (κ3) is 3.77. The molecule has 0 spiro atoms. The van der Waals surface area contributed by atoms with Crippen molar-refractivity contribution >= 4 is 0 Å². The van der Waals surface area contributed by atoms with Gasteiger partial charge in [-0.15, -0.1) is 0 Å². The Labute approximate surface area is 121 Å². The zero-order valence-corrected chi connectivity index (χ0v) is 12.3. The minimum atomic E-state index is 0.565. The summed E-state index contributed by atoms with van der Waals surface area (Å²) in [5, 5.41) is 0. The molecular formula is C18H22O2. The molecule has 0 radical (unpaired) electrons. The summed E-state index contributed by atoms with van der Waals surface area (Å²) in [6, 6.07) is 16.3. The Balaban J connectivity index is 1.84. The first-order valence-electron chi connectivity index (χ1n) is 7.26. The maximum Gasteiger partial charge on any atom is 0.122 e. The topological polar surface area (TPSA) is 18.5 Å². The average Bonchev–Trinajstić information content (AvgIpc) is 2.52. The minimum absolute atomic E-state index is 0.565. The smallest absolute Gasteiger partial charge is 0.122 e. The van der Waals surface area contributed by atoms with Crippen LogP contribution in [0.2, 0.25) is 0 Å². The monoisotopic (exact) mass is 270 g/mol. The molecule has 0 N–H and O–H groups in total. The Morgan fingerprint density at radius 1 is 0.650 bits per heavy atom. The second kappa shape index (κ2) is 7.59. The second-order valence-electron chi connectivity index (χ2n) is 4.62. The van der Waals surface area contributed by atoms with Gasteiger partial charge in [-0.2, -0.15) is 0 Å². The van der Waals surface area contributed by atoms with Crippen LogP contribution in [0.15, 0.2) is 48.5 Å². The number of ether oxygens (including phenoxy) is 2. The minimum Gasteiger partial charge on any atom is -0.490 e. The van der Waals surface area contributed by atoms with E-state index in [4.69, 9.17) is 9.47 Å². The summed E-state index contributed by atoms with van der Waals surface area (Å²) in [7, 11) is 0. The molecule has 2 nitrogen and oxygen atoms in total. The van der Waals surface area contributed by atoms with Gasteiger partial charge in [0, 0.05) is 0 Å². The van der Waals surface area contributed by atoms with Crippen molar-refractivity contribution in [2.75, 3.05) is 13.2 Å². The quantitative estimate of drug-likeness (QED) is 0.699. The number of hydrogen-bond donors (Lipinski definition) is 0. The van der Waals surface area contributed by atoms with Crippen LogP contribution in [-0.2, 0) is 12.8 Å². The molecule has 2 rings (SSSR count). The lowest BCUT2D eigenvalue weighted by Gasteiger charge is -2.12. The van der Waals surface area contributed by atoms with Crippen LogP contribution >= 0.6 is 0 Å². The molecule has 0 saturated heterocycles. The van der Waals surface area contributed by atoms with Crippen LogP contribution < -0.4 is 9.47 Å². The molecule has 0 saturated carbocycles. The fraction of sp³-hybridized carbons (Fsp3) is 0.333. The molecule has 106 valence electrons. The van der Waals surface area contributed by atoms with Gasteiger partial charge in [0.1, 0.15) is 24.7 Å². The molecule has 0 aliphatic rings. The van der Waals surface area contributed by atoms with E-state index in [0.29, 0.717) is 13.2 Å². The lowest BCUT2D eigenvalue weighted by atomic mass is 10.1. The molecular weight excluding hydrogens is 248 g/mol. The van der Waals surface area contributed by atoms with E-state index in [9.17, 15) is 0 Å². The Morgan fingerprint density at radius 2 is 1.05 bits per heavy atom. The third-order valence-electron chi connectivity index (χ3n) is 3.31. The van der Waals surface area contributed by atoms with Gasteiger partial charge in [-0.1, -0.05) is 50.2 Å². The molecule has 0 aromatic heterocycles. The highest BCUT2D eigenvalue weighted by atomic mass is 16.5. The predicted molar refractivity (Wildman–Crippen MR) is 82.6 cm³/mol. The highest BCUT2D eigenvalue weighted by Gasteiger charge is 2.02. The highest BCUT2D eigenvalue weighted by molar-refractivity contribution is 5.34. The van der Waals surface area contributed by atoms with Crippen molar-refractivity contribution in [1.29, 1.82) is 0 Å². The Kier molecular flexibility index (Phi) is 5.48. The van der Waals surface area contributed by atoms with Crippen molar-refractivity contribution in [3.05, 3.63) is 59.7 Å². The van der Waals surface area contributed by atoms with Gasteiger partial charge in [0.15, 0.2) is 0 Å². The van der Waals surface area contributed by atoms with Crippen LogP contribution in [0.5, 0.6) is 11.5 Å². The molecule has 0 fully saturated rings. The molecule has 0 bridgehead atoms. The van der Waals surface area contributed by atoms with E-state index in [1.807, 2.05) is 36.4 Å². The summed E-state index contributed by atoms with van der Waals surface area (Å²) in [5.41, 5.74) is 2.47. The van der Waals surface area contributed by atoms with Crippen LogP contribution in [0.4, 0.5) is 0 Å². The number of aryl methyl sites for hydroxylation is 2. The molecule has 2 aromatic carbocycles. The molecule has 20 heavy (non-hydrogen) atoms. The molecule has 0 heterocycles. The molecule has 2 heteroatoms. The van der Waals surface area contributed by atoms with Gasteiger partial charge < -0.3 is 9.47 Å². The molecule has 0 unspecified atom stereocenters. The fourth-order valence-electron chi connectivity index (χ4n) is 2.18. The van der Waals surface area contributed by atoms with Gasteiger partial charge in [0.2, 0.25) is 0 Å². The van der Waals surface area contributed by atoms with Crippen molar-refractivity contribution < 1.29 is 9.47 Å². The van der Waals surface area contributed by atoms with Crippen molar-refractivity contribution in [2.45, 2.75) is 26.7 Å². The lowest BCUT2D eigenvalue weighted by Crippen LogP contribution is -2.10. The van der Waals surface area contributed by atoms with Crippen LogP contribution in [0.25, 0.3) is 0 Å². The third-order valence-corrected chi connectivity index (χ3v) is 3.31. The van der Waals surface area contributed by atoms with E-state index >= 15 is 0 Å². The summed E-state index contributed by atoms with van der Waals surface area (Å²) >= 11 is 0. The van der Waals surface area contributed by atoms with E-state index < -0.39 is 0 Å². The predicted octanol–water partition coefficient (Wildman–Crippen LogP) is 4.27. The first kappa shape index (κ1) is 14.4. The Morgan fingerprint density at radius 3 is 1.45 bits per heavy atom. The van der Waals surface area contributed by atoms with E-state index in [1.54, 1.807) is 0 Å². The summed E-state index contributed by atoms with van der Waals surface area (Å²) in [5.74, 6) is 1.92. The van der Waals surface area contributed by atoms with Crippen molar-refractivity contribution in [3.8, 4) is 11.5 Å². The van der Waals surface area contributed by atoms with Gasteiger partial charge in [0.05, 0.1) is 0 Å². The van der Waals surface area contributed by atoms with E-state index in [1.165, 1.54) is 11.1 Å². The first-order chi connectivity index (χ1) is 9.85. The summed E-state index contributed by atoms with van der Waals surface area (Å²) in [6.07, 6.45) is 1.96. The SMILES string of the molecule is CCc1ccccc1OCCOc1ccccc1CC. The van der Waals surface area contributed by atoms with Crippen LogP contribution in [0, 0.1) is 0 Å². The van der Waals surface area contributed by atoms with Crippen molar-refractivity contribution in [2.24, 2.45) is 0 Å². The zero-order chi connectivity index (χ0) is 14.2. The van der Waals surface area contributed by atoms with Crippen LogP contribution in [0.3, 0.4) is 0 Å². The van der Waals surface area contributed by atoms with E-state index in [-0.39, 0.29) is 0 Å². The summed E-state index contributed by atoms with van der Waals surface area (Å²) in [4.78, 5) is 0. The Bertz CT molecular complexity index is 485. The second-order valence-corrected chi connectivity index (χ2v) is 4.62. The molecule has 2 aromatic rings. The standard InChI is InChI=1S/C18H22O2/c1-3-15-9-5-7-11-17(15)19-13-14-20-18-12-8-6-10-16(18)4-2/h5-12H,3-4,13-14H2,1-2H3. The Hall–Kier alpha value is -1.96. The van der Waals surface area contributed by atoms with E-state index in [2.05, 4.69) is 26.0 Å². The van der Waals surface area contributed by atoms with Crippen LogP contribution in [-0.4, -0.2) is 13.2 Å². The number of hydrogen-bond acceptors (Lipinski definition) is 2. The van der Waals surface area contributed by atoms with Crippen LogP contribution in [0.1, 0.15) is 25.0 Å². The molecule has 0 aliphatic carbocycles. The van der Waals surface area contributed by atoms with Crippen molar-refractivity contribution in [3.63, 3.8) is 0 Å². The maximum atomic E-state index is 5.80. The maximum absolute atomic E-state index is 5.80. The molecule has 0 atom stereocenters. The van der Waals surface area contributed by atoms with Gasteiger partial charge in [-0.25, -0.2) is 0 Å². The fourth-order valence-corrected chi connectivity index (χ4v) is 2.18. The largest absolute Gasteiger partial charge is 0.490 e. The van der Waals surface area contributed by atoms with Gasteiger partial charge >= 0.3 is 0 Å². The number of para-hydroxylation sites is 2. The highest BCUT2D eigenvalue weighted by Crippen LogP contribution is 2.20. The zero-order valence-electron chi connectivity index (χ0n) is 12.3. The summed E-state index contributed by atoms with van der Waals surface area (Å²) in [6.45, 7) is 5.40. The van der Waals surface area contributed by atoms with Gasteiger partial charge in [-0.3, -0.25) is 0 Å². The van der Waals surface area contributed by atoms with Crippen molar-refractivity contribution in [1.82, 2.24) is 0 Å². The number of benzene rings is 2. The van der Waals surface area contributed by atoms with Gasteiger partial charge in [0.25, 0.3) is 0 Å². The lowest BCUT2D eigenvalue weighted by molar-refractivity contribution is 0.215. The normalized spacial score (nSPS) is 10.3. The number of rotatable bonds is 7. The average molecular weight is 270 g/mol. The summed E-state index contributed by atoms with van der Waals surface area (Å²) < 4.78 is 11.6. The van der Waals surface area contributed by atoms with E-state index in [0.717, 1.165) is 24.3 Å². The first-order valence-corrected chi connectivity index (χ1v) is 7.26. The molecule has 0 aliphatic heterocycles. The van der Waals surface area contributed by atoms with Gasteiger partial charge in [-0.05, 0) is 36.1 Å².